The molecular weight excluding hydrogens is 370 g/mol. The van der Waals surface area contributed by atoms with Crippen LogP contribution >= 0.6 is 11.3 Å². The first-order chi connectivity index (χ1) is 13.4. The number of nitrogens with two attached hydrogens (primary N) is 1. The summed E-state index contributed by atoms with van der Waals surface area (Å²) in [5.41, 5.74) is 8.60. The van der Waals surface area contributed by atoms with Gasteiger partial charge in [0.15, 0.2) is 0 Å². The quantitative estimate of drug-likeness (QED) is 0.725. The second-order valence-corrected chi connectivity index (χ2v) is 8.92. The van der Waals surface area contributed by atoms with Crippen LogP contribution in [0.2, 0.25) is 0 Å². The van der Waals surface area contributed by atoms with Gasteiger partial charge in [-0.05, 0) is 44.1 Å². The molecule has 0 saturated heterocycles. The van der Waals surface area contributed by atoms with E-state index in [0.717, 1.165) is 40.8 Å². The van der Waals surface area contributed by atoms with Gasteiger partial charge in [-0.25, -0.2) is 4.98 Å². The first-order valence-electron chi connectivity index (χ1n) is 9.83. The number of hydrogen-bond acceptors (Lipinski definition) is 4. The molecule has 2 unspecified atom stereocenters. The highest BCUT2D eigenvalue weighted by atomic mass is 32.1. The zero-order valence-corrected chi connectivity index (χ0v) is 17.3. The molecule has 3 aromatic rings. The molecule has 0 spiro atoms. The number of amides is 1. The molecule has 2 atom stereocenters. The summed E-state index contributed by atoms with van der Waals surface area (Å²) >= 11 is 1.63. The maximum atomic E-state index is 13.6. The number of rotatable bonds is 4. The van der Waals surface area contributed by atoms with Crippen LogP contribution in [0, 0.1) is 12.8 Å². The largest absolute Gasteiger partial charge is 0.368 e. The molecule has 0 aliphatic heterocycles. The number of fused-ring (bicyclic) bond motifs is 3. The van der Waals surface area contributed by atoms with E-state index in [0.29, 0.717) is 23.5 Å². The molecule has 1 aliphatic carbocycles. The Morgan fingerprint density at radius 2 is 2.07 bits per heavy atom. The van der Waals surface area contributed by atoms with Gasteiger partial charge in [0.25, 0.3) is 5.56 Å². The molecule has 146 valence electrons. The van der Waals surface area contributed by atoms with Crippen LogP contribution in [0.25, 0.3) is 21.6 Å². The van der Waals surface area contributed by atoms with Crippen LogP contribution in [0.4, 0.5) is 0 Å². The number of nitrogens with zero attached hydrogens (tertiary/aromatic N) is 2. The molecule has 1 aromatic carbocycles. The third-order valence-corrected chi connectivity index (χ3v) is 6.85. The molecule has 5 nitrogen and oxygen atoms in total. The van der Waals surface area contributed by atoms with E-state index in [1.54, 1.807) is 11.3 Å². The predicted octanol–water partition coefficient (Wildman–Crippen LogP) is 3.99. The number of thiophene rings is 1. The maximum Gasteiger partial charge on any atom is 0.263 e. The van der Waals surface area contributed by atoms with Crippen molar-refractivity contribution in [3.8, 4) is 11.4 Å². The fourth-order valence-corrected chi connectivity index (χ4v) is 5.48. The van der Waals surface area contributed by atoms with E-state index in [9.17, 15) is 9.59 Å². The van der Waals surface area contributed by atoms with E-state index < -0.39 is 11.9 Å². The Morgan fingerprint density at radius 1 is 1.36 bits per heavy atom. The van der Waals surface area contributed by atoms with Crippen LogP contribution in [0.1, 0.15) is 48.7 Å². The number of primary amides is 1. The predicted molar refractivity (Wildman–Crippen MR) is 114 cm³/mol. The van der Waals surface area contributed by atoms with Gasteiger partial charge in [-0.2, -0.15) is 0 Å². The summed E-state index contributed by atoms with van der Waals surface area (Å²) < 4.78 is 1.53. The van der Waals surface area contributed by atoms with E-state index in [2.05, 4.69) is 6.92 Å². The SMILES string of the molecule is CCC(C(N)=O)n1c(-c2ccc(C)cc2)nc2sc3c(c2c1=O)CCC(C)C3. The molecule has 4 rings (SSSR count). The fourth-order valence-electron chi connectivity index (χ4n) is 4.11. The van der Waals surface area contributed by atoms with Gasteiger partial charge in [0.2, 0.25) is 5.91 Å². The van der Waals surface area contributed by atoms with Crippen LogP contribution < -0.4 is 11.3 Å². The number of carbonyl (C=O) groups excluding carboxylic acids is 1. The number of carbonyl (C=O) groups is 1. The Kier molecular flexibility index (Phi) is 4.83. The van der Waals surface area contributed by atoms with Crippen molar-refractivity contribution in [3.05, 3.63) is 50.6 Å². The highest BCUT2D eigenvalue weighted by Crippen LogP contribution is 2.37. The van der Waals surface area contributed by atoms with Gasteiger partial charge in [0.05, 0.1) is 5.39 Å². The Hall–Kier alpha value is -2.47. The van der Waals surface area contributed by atoms with E-state index in [4.69, 9.17) is 10.7 Å². The highest BCUT2D eigenvalue weighted by Gasteiger charge is 2.28. The van der Waals surface area contributed by atoms with Crippen molar-refractivity contribution in [2.75, 3.05) is 0 Å². The molecule has 1 aliphatic rings. The lowest BCUT2D eigenvalue weighted by atomic mass is 9.89. The lowest BCUT2D eigenvalue weighted by Crippen LogP contribution is -2.35. The first kappa shape index (κ1) is 18.9. The summed E-state index contributed by atoms with van der Waals surface area (Å²) in [6.45, 7) is 6.13. The van der Waals surface area contributed by atoms with Crippen molar-refractivity contribution in [2.45, 2.75) is 52.5 Å². The van der Waals surface area contributed by atoms with Gasteiger partial charge in [-0.15, -0.1) is 11.3 Å². The fraction of sp³-hybridized carbons (Fsp3) is 0.409. The molecule has 1 amide bonds. The van der Waals surface area contributed by atoms with Gasteiger partial charge >= 0.3 is 0 Å². The second-order valence-electron chi connectivity index (χ2n) is 7.83. The van der Waals surface area contributed by atoms with Crippen LogP contribution in [0.3, 0.4) is 0 Å². The lowest BCUT2D eigenvalue weighted by molar-refractivity contribution is -0.121. The normalized spacial score (nSPS) is 17.5. The second kappa shape index (κ2) is 7.17. The monoisotopic (exact) mass is 395 g/mol. The minimum absolute atomic E-state index is 0.140. The summed E-state index contributed by atoms with van der Waals surface area (Å²) in [6, 6.07) is 7.16. The molecule has 28 heavy (non-hydrogen) atoms. The van der Waals surface area contributed by atoms with E-state index in [1.165, 1.54) is 9.44 Å². The summed E-state index contributed by atoms with van der Waals surface area (Å²) in [7, 11) is 0. The summed E-state index contributed by atoms with van der Waals surface area (Å²) in [6.07, 6.45) is 3.41. The van der Waals surface area contributed by atoms with Gasteiger partial charge in [-0.1, -0.05) is 43.7 Å². The third-order valence-electron chi connectivity index (χ3n) is 5.70. The van der Waals surface area contributed by atoms with Gasteiger partial charge < -0.3 is 5.73 Å². The third kappa shape index (κ3) is 3.05. The molecule has 0 radical (unpaired) electrons. The van der Waals surface area contributed by atoms with Crippen LogP contribution in [0.5, 0.6) is 0 Å². The average Bonchev–Trinajstić information content (AvgIpc) is 3.02. The Morgan fingerprint density at radius 3 is 2.71 bits per heavy atom. The zero-order valence-electron chi connectivity index (χ0n) is 16.5. The van der Waals surface area contributed by atoms with Crippen LogP contribution in [0.15, 0.2) is 29.1 Å². The highest BCUT2D eigenvalue weighted by molar-refractivity contribution is 7.18. The molecule has 6 heteroatoms. The van der Waals surface area contributed by atoms with E-state index in [-0.39, 0.29) is 5.56 Å². The average molecular weight is 396 g/mol. The minimum Gasteiger partial charge on any atom is -0.368 e. The molecule has 0 saturated carbocycles. The van der Waals surface area contributed by atoms with E-state index >= 15 is 0 Å². The smallest absolute Gasteiger partial charge is 0.263 e. The molecule has 0 fully saturated rings. The van der Waals surface area contributed by atoms with Crippen molar-refractivity contribution in [1.29, 1.82) is 0 Å². The molecule has 2 heterocycles. The number of aromatic nitrogens is 2. The van der Waals surface area contributed by atoms with Gasteiger partial charge in [0, 0.05) is 10.4 Å². The van der Waals surface area contributed by atoms with Crippen molar-refractivity contribution >= 4 is 27.5 Å². The Balaban J connectivity index is 2.05. The van der Waals surface area contributed by atoms with Crippen molar-refractivity contribution in [1.82, 2.24) is 9.55 Å². The van der Waals surface area contributed by atoms with Crippen molar-refractivity contribution in [3.63, 3.8) is 0 Å². The van der Waals surface area contributed by atoms with Gasteiger partial charge in [0.1, 0.15) is 16.7 Å². The number of hydrogen-bond donors (Lipinski definition) is 1. The van der Waals surface area contributed by atoms with Crippen LogP contribution in [-0.2, 0) is 17.6 Å². The van der Waals surface area contributed by atoms with E-state index in [1.807, 2.05) is 38.1 Å². The molecule has 2 N–H and O–H groups in total. The standard InChI is InChI=1S/C22H25N3O2S/c1-4-16(19(23)26)25-20(14-8-5-12(2)6-9-14)24-21-18(22(25)27)15-10-7-13(3)11-17(15)28-21/h5-6,8-9,13,16H,4,7,10-11H2,1-3H3,(H2,23,26). The molecule has 2 aromatic heterocycles. The topological polar surface area (TPSA) is 78.0 Å². The molecular formula is C22H25N3O2S. The number of aryl methyl sites for hydroxylation is 2. The maximum absolute atomic E-state index is 13.6. The first-order valence-corrected chi connectivity index (χ1v) is 10.7. The Bertz CT molecular complexity index is 1110. The lowest BCUT2D eigenvalue weighted by Gasteiger charge is -2.20. The van der Waals surface area contributed by atoms with Crippen LogP contribution in [-0.4, -0.2) is 15.5 Å². The minimum atomic E-state index is -0.709. The van der Waals surface area contributed by atoms with Gasteiger partial charge in [-0.3, -0.25) is 14.2 Å². The Labute approximate surface area is 168 Å². The van der Waals surface area contributed by atoms with Crippen molar-refractivity contribution in [2.24, 2.45) is 11.7 Å². The zero-order chi connectivity index (χ0) is 20.0. The summed E-state index contributed by atoms with van der Waals surface area (Å²) in [5.74, 6) is 0.639. The number of benzene rings is 1. The molecule has 0 bridgehead atoms. The van der Waals surface area contributed by atoms with Crippen molar-refractivity contribution < 1.29 is 4.79 Å². The summed E-state index contributed by atoms with van der Waals surface area (Å²) in [5, 5.41) is 0.683. The summed E-state index contributed by atoms with van der Waals surface area (Å²) in [4.78, 5) is 32.7.